The van der Waals surface area contributed by atoms with Crippen LogP contribution in [-0.2, 0) is 22.0 Å². The first-order valence-electron chi connectivity index (χ1n) is 8.36. The van der Waals surface area contributed by atoms with Crippen LogP contribution in [0.4, 0.5) is 4.79 Å². The Morgan fingerprint density at radius 1 is 1.08 bits per heavy atom. The van der Waals surface area contributed by atoms with Crippen LogP contribution >= 0.6 is 0 Å². The van der Waals surface area contributed by atoms with Crippen molar-refractivity contribution >= 4 is 16.8 Å². The molecule has 0 heterocycles. The Hall–Kier alpha value is -1.76. The zero-order valence-corrected chi connectivity index (χ0v) is 15.1. The van der Waals surface area contributed by atoms with E-state index >= 15 is 0 Å². The van der Waals surface area contributed by atoms with Gasteiger partial charge in [0.1, 0.15) is 23.1 Å². The van der Waals surface area contributed by atoms with Crippen molar-refractivity contribution in [2.75, 3.05) is 18.9 Å². The topological polar surface area (TPSA) is 81.7 Å². The first-order chi connectivity index (χ1) is 11.6. The molecular formula is C17H27NO5S. The number of carbonyl (C=O) groups is 1. The largest absolute Gasteiger partial charge is 0.494 e. The minimum absolute atomic E-state index is 0.0650. The fourth-order valence-electron chi connectivity index (χ4n) is 2.00. The number of hydrogen-bond donors (Lipinski definition) is 2. The van der Waals surface area contributed by atoms with Crippen LogP contribution in [0.2, 0.25) is 0 Å². The van der Waals surface area contributed by atoms with E-state index in [1.807, 2.05) is 24.3 Å². The van der Waals surface area contributed by atoms with Gasteiger partial charge < -0.3 is 14.8 Å². The number of benzene rings is 1. The van der Waals surface area contributed by atoms with Crippen molar-refractivity contribution in [2.45, 2.75) is 45.6 Å². The molecule has 1 rings (SSSR count). The van der Waals surface area contributed by atoms with Crippen molar-refractivity contribution < 1.29 is 22.7 Å². The summed E-state index contributed by atoms with van der Waals surface area (Å²) in [5, 5.41) is 2.51. The highest BCUT2D eigenvalue weighted by Gasteiger charge is 2.03. The molecule has 0 spiro atoms. The SMILES string of the molecule is CCCCCCOc1ccc(COC(=O)NCCC[SH](=O)=O)cc1. The summed E-state index contributed by atoms with van der Waals surface area (Å²) < 4.78 is 31.5. The van der Waals surface area contributed by atoms with Gasteiger partial charge >= 0.3 is 6.09 Å². The Morgan fingerprint density at radius 3 is 2.50 bits per heavy atom. The van der Waals surface area contributed by atoms with Gasteiger partial charge in [-0.25, -0.2) is 13.2 Å². The lowest BCUT2D eigenvalue weighted by molar-refractivity contribution is 0.139. The highest BCUT2D eigenvalue weighted by molar-refractivity contribution is 7.72. The van der Waals surface area contributed by atoms with E-state index in [-0.39, 0.29) is 18.9 Å². The minimum Gasteiger partial charge on any atom is -0.494 e. The molecule has 0 aliphatic carbocycles. The molecule has 6 nitrogen and oxygen atoms in total. The summed E-state index contributed by atoms with van der Waals surface area (Å²) >= 11 is 0. The van der Waals surface area contributed by atoms with Crippen LogP contribution in [-0.4, -0.2) is 33.4 Å². The molecule has 136 valence electrons. The Balaban J connectivity index is 2.18. The molecule has 0 saturated carbocycles. The number of unbranched alkanes of at least 4 members (excludes halogenated alkanes) is 3. The van der Waals surface area contributed by atoms with Crippen molar-refractivity contribution in [1.82, 2.24) is 5.32 Å². The third-order valence-corrected chi connectivity index (χ3v) is 4.03. The number of rotatable bonds is 12. The van der Waals surface area contributed by atoms with E-state index in [1.54, 1.807) is 0 Å². The van der Waals surface area contributed by atoms with Crippen LogP contribution in [0, 0.1) is 0 Å². The van der Waals surface area contributed by atoms with E-state index in [0.29, 0.717) is 13.0 Å². The number of thiol groups is 1. The van der Waals surface area contributed by atoms with Crippen LogP contribution in [0.1, 0.15) is 44.6 Å². The Bertz CT molecular complexity index is 534. The fraction of sp³-hybridized carbons (Fsp3) is 0.588. The Labute approximate surface area is 145 Å². The molecule has 7 heteroatoms. The summed E-state index contributed by atoms with van der Waals surface area (Å²) in [5.74, 6) is 0.877. The summed E-state index contributed by atoms with van der Waals surface area (Å²) in [5.41, 5.74) is 0.867. The van der Waals surface area contributed by atoms with Gasteiger partial charge in [0.25, 0.3) is 0 Å². The van der Waals surface area contributed by atoms with E-state index < -0.39 is 16.8 Å². The average Bonchev–Trinajstić information content (AvgIpc) is 2.57. The van der Waals surface area contributed by atoms with Gasteiger partial charge in [-0.15, -0.1) is 0 Å². The molecule has 0 aromatic heterocycles. The standard InChI is InChI=1S/C17H27NO5S/c1-2-3-4-5-12-22-16-9-7-15(8-10-16)14-23-17(19)18-11-6-13-24(20)21/h7-10,24H,2-6,11-14H2,1H3,(H,18,19). The smallest absolute Gasteiger partial charge is 0.407 e. The van der Waals surface area contributed by atoms with E-state index in [2.05, 4.69) is 12.2 Å². The minimum atomic E-state index is -2.39. The molecule has 0 aliphatic rings. The average molecular weight is 357 g/mol. The van der Waals surface area contributed by atoms with Crippen LogP contribution in [0.25, 0.3) is 0 Å². The first kappa shape index (κ1) is 20.3. The van der Waals surface area contributed by atoms with Gasteiger partial charge in [0.05, 0.1) is 6.61 Å². The molecular weight excluding hydrogens is 330 g/mol. The molecule has 0 unspecified atom stereocenters. The highest BCUT2D eigenvalue weighted by atomic mass is 32.2. The fourth-order valence-corrected chi connectivity index (χ4v) is 2.42. The normalized spacial score (nSPS) is 10.6. The van der Waals surface area contributed by atoms with Crippen LogP contribution in [0.15, 0.2) is 24.3 Å². The van der Waals surface area contributed by atoms with Crippen molar-refractivity contribution in [3.63, 3.8) is 0 Å². The summed E-state index contributed by atoms with van der Waals surface area (Å²) in [4.78, 5) is 11.4. The lowest BCUT2D eigenvalue weighted by Gasteiger charge is -2.08. The van der Waals surface area contributed by atoms with Crippen molar-refractivity contribution in [1.29, 1.82) is 0 Å². The molecule has 1 N–H and O–H groups in total. The molecule has 1 aromatic rings. The van der Waals surface area contributed by atoms with Gasteiger partial charge in [-0.3, -0.25) is 0 Å². The molecule has 1 aromatic carbocycles. The number of nitrogens with one attached hydrogen (secondary N) is 1. The third-order valence-electron chi connectivity index (χ3n) is 3.35. The van der Waals surface area contributed by atoms with Gasteiger partial charge in [0.15, 0.2) is 0 Å². The van der Waals surface area contributed by atoms with E-state index in [0.717, 1.165) is 17.7 Å². The molecule has 0 bridgehead atoms. The predicted octanol–water partition coefficient (Wildman–Crippen LogP) is 2.87. The maximum atomic E-state index is 11.4. The molecule has 24 heavy (non-hydrogen) atoms. The summed E-state index contributed by atoms with van der Waals surface area (Å²) in [6.07, 6.45) is 4.52. The van der Waals surface area contributed by atoms with Crippen LogP contribution < -0.4 is 10.1 Å². The van der Waals surface area contributed by atoms with E-state index in [9.17, 15) is 13.2 Å². The maximum Gasteiger partial charge on any atom is 0.407 e. The summed E-state index contributed by atoms with van der Waals surface area (Å²) in [6.45, 7) is 3.34. The monoisotopic (exact) mass is 357 g/mol. The number of hydrogen-bond acceptors (Lipinski definition) is 5. The summed E-state index contributed by atoms with van der Waals surface area (Å²) in [6, 6.07) is 7.44. The molecule has 0 radical (unpaired) electrons. The van der Waals surface area contributed by atoms with Crippen molar-refractivity contribution in [2.24, 2.45) is 0 Å². The molecule has 0 saturated heterocycles. The van der Waals surface area contributed by atoms with E-state index in [4.69, 9.17) is 9.47 Å². The lowest BCUT2D eigenvalue weighted by atomic mass is 10.2. The van der Waals surface area contributed by atoms with E-state index in [1.165, 1.54) is 19.3 Å². The zero-order chi connectivity index (χ0) is 17.6. The quantitative estimate of drug-likeness (QED) is 0.444. The third kappa shape index (κ3) is 10.1. The zero-order valence-electron chi connectivity index (χ0n) is 14.2. The van der Waals surface area contributed by atoms with Crippen molar-refractivity contribution in [3.05, 3.63) is 29.8 Å². The number of amides is 1. The Morgan fingerprint density at radius 2 is 1.83 bits per heavy atom. The molecule has 0 aliphatic heterocycles. The van der Waals surface area contributed by atoms with Gasteiger partial charge in [-0.05, 0) is 30.5 Å². The van der Waals surface area contributed by atoms with Gasteiger partial charge in [0.2, 0.25) is 0 Å². The molecule has 1 amide bonds. The van der Waals surface area contributed by atoms with Gasteiger partial charge in [-0.2, -0.15) is 0 Å². The van der Waals surface area contributed by atoms with Crippen LogP contribution in [0.5, 0.6) is 5.75 Å². The Kier molecular flexibility index (Phi) is 10.7. The summed E-state index contributed by atoms with van der Waals surface area (Å²) in [7, 11) is -2.39. The predicted molar refractivity (Wildman–Crippen MR) is 94.1 cm³/mol. The van der Waals surface area contributed by atoms with Gasteiger partial charge in [-0.1, -0.05) is 38.3 Å². The second kappa shape index (κ2) is 12.6. The van der Waals surface area contributed by atoms with Crippen molar-refractivity contribution in [3.8, 4) is 5.75 Å². The molecule has 0 atom stereocenters. The number of ether oxygens (including phenoxy) is 2. The maximum absolute atomic E-state index is 11.4. The molecule has 0 fully saturated rings. The first-order valence-corrected chi connectivity index (χ1v) is 9.72. The highest BCUT2D eigenvalue weighted by Crippen LogP contribution is 2.13. The second-order valence-electron chi connectivity index (χ2n) is 5.47. The number of alkyl carbamates (subject to hydrolysis) is 1. The second-order valence-corrected chi connectivity index (χ2v) is 6.58. The number of carbonyl (C=O) groups excluding carboxylic acids is 1. The van der Waals surface area contributed by atoms with Crippen LogP contribution in [0.3, 0.4) is 0 Å². The van der Waals surface area contributed by atoms with Gasteiger partial charge in [0, 0.05) is 12.3 Å². The lowest BCUT2D eigenvalue weighted by Crippen LogP contribution is -2.25.